The lowest BCUT2D eigenvalue weighted by atomic mass is 9.82. The van der Waals surface area contributed by atoms with Gasteiger partial charge in [-0.1, -0.05) is 42.5 Å². The van der Waals surface area contributed by atoms with Crippen LogP contribution in [0.1, 0.15) is 55.6 Å². The zero-order chi connectivity index (χ0) is 26.5. The lowest BCUT2D eigenvalue weighted by molar-refractivity contribution is -0.0746. The topological polar surface area (TPSA) is 60.0 Å². The summed E-state index contributed by atoms with van der Waals surface area (Å²) in [6, 6.07) is 21.0. The minimum atomic E-state index is -0.922. The first kappa shape index (κ1) is 27.0. The summed E-state index contributed by atoms with van der Waals surface area (Å²) in [7, 11) is 3.47. The van der Waals surface area contributed by atoms with E-state index in [1.807, 2.05) is 6.07 Å². The number of likely N-dealkylation sites (tertiary alicyclic amines) is 1. The first-order valence-corrected chi connectivity index (χ1v) is 14.0. The number of aliphatic hydroxyl groups excluding tert-OH is 1. The van der Waals surface area contributed by atoms with E-state index in [4.69, 9.17) is 4.84 Å². The molecule has 0 bridgehead atoms. The molecule has 0 aromatic heterocycles. The molecule has 204 valence electrons. The SMILES string of the molecule is CN(C)C(O)Nc1ccc(C2CCC(NOC3CCN(Cc4ccc5ccccc5c4)CC3)CC2)cc1F. The molecule has 5 rings (SSSR count). The van der Waals surface area contributed by atoms with Crippen LogP contribution in [0.5, 0.6) is 0 Å². The van der Waals surface area contributed by atoms with Crippen molar-refractivity contribution in [3.05, 3.63) is 77.6 Å². The highest BCUT2D eigenvalue weighted by molar-refractivity contribution is 5.82. The van der Waals surface area contributed by atoms with E-state index >= 15 is 0 Å². The summed E-state index contributed by atoms with van der Waals surface area (Å²) in [5, 5.41) is 15.3. The van der Waals surface area contributed by atoms with Crippen molar-refractivity contribution in [2.45, 2.75) is 69.5 Å². The molecule has 6 nitrogen and oxygen atoms in total. The summed E-state index contributed by atoms with van der Waals surface area (Å²) in [5.41, 5.74) is 6.09. The van der Waals surface area contributed by atoms with Gasteiger partial charge in [0.25, 0.3) is 0 Å². The Morgan fingerprint density at radius 3 is 2.39 bits per heavy atom. The average Bonchev–Trinajstić information content (AvgIpc) is 2.94. The summed E-state index contributed by atoms with van der Waals surface area (Å²) in [5.74, 6) is 0.0349. The predicted molar refractivity (Wildman–Crippen MR) is 151 cm³/mol. The molecule has 3 N–H and O–H groups in total. The number of piperidine rings is 1. The van der Waals surface area contributed by atoms with Crippen LogP contribution in [-0.4, -0.2) is 60.6 Å². The minimum Gasteiger partial charge on any atom is -0.361 e. The molecule has 0 amide bonds. The van der Waals surface area contributed by atoms with Crippen molar-refractivity contribution in [1.29, 1.82) is 0 Å². The predicted octanol–water partition coefficient (Wildman–Crippen LogP) is 5.44. The maximum atomic E-state index is 14.6. The van der Waals surface area contributed by atoms with Gasteiger partial charge in [0.05, 0.1) is 11.8 Å². The van der Waals surface area contributed by atoms with E-state index in [-0.39, 0.29) is 11.9 Å². The molecule has 2 fully saturated rings. The van der Waals surface area contributed by atoms with Crippen LogP contribution in [-0.2, 0) is 11.4 Å². The lowest BCUT2D eigenvalue weighted by Crippen LogP contribution is -2.41. The molecule has 3 aromatic rings. The maximum absolute atomic E-state index is 14.6. The Hall–Kier alpha value is -2.55. The molecular formula is C31H41FN4O2. The number of nitrogens with one attached hydrogen (secondary N) is 2. The van der Waals surface area contributed by atoms with E-state index in [0.717, 1.165) is 63.7 Å². The Labute approximate surface area is 225 Å². The highest BCUT2D eigenvalue weighted by atomic mass is 19.1. The van der Waals surface area contributed by atoms with E-state index < -0.39 is 6.35 Å². The van der Waals surface area contributed by atoms with Crippen molar-refractivity contribution >= 4 is 16.5 Å². The van der Waals surface area contributed by atoms with Gasteiger partial charge in [0.1, 0.15) is 5.82 Å². The van der Waals surface area contributed by atoms with Crippen LogP contribution >= 0.6 is 0 Å². The number of rotatable bonds is 9. The van der Waals surface area contributed by atoms with Crippen LogP contribution in [0, 0.1) is 5.82 Å². The van der Waals surface area contributed by atoms with E-state index in [2.05, 4.69) is 58.2 Å². The Bertz CT molecular complexity index is 1190. The quantitative estimate of drug-likeness (QED) is 0.258. The van der Waals surface area contributed by atoms with Crippen LogP contribution in [0.25, 0.3) is 10.8 Å². The summed E-state index contributed by atoms with van der Waals surface area (Å²) >= 11 is 0. The number of halogens is 1. The highest BCUT2D eigenvalue weighted by Crippen LogP contribution is 2.34. The zero-order valence-corrected chi connectivity index (χ0v) is 22.6. The molecule has 0 spiro atoms. The van der Waals surface area contributed by atoms with Crippen LogP contribution < -0.4 is 10.8 Å². The second kappa shape index (κ2) is 12.5. The van der Waals surface area contributed by atoms with Crippen LogP contribution in [0.2, 0.25) is 0 Å². The number of hydrogen-bond donors (Lipinski definition) is 3. The van der Waals surface area contributed by atoms with Gasteiger partial charge in [-0.05, 0) is 98.6 Å². The van der Waals surface area contributed by atoms with Crippen molar-refractivity contribution in [2.75, 3.05) is 32.5 Å². The van der Waals surface area contributed by atoms with Gasteiger partial charge in [0.2, 0.25) is 0 Å². The third-order valence-corrected chi connectivity index (χ3v) is 8.12. The Morgan fingerprint density at radius 1 is 0.947 bits per heavy atom. The number of hydroxylamine groups is 1. The van der Waals surface area contributed by atoms with Crippen molar-refractivity contribution in [3.63, 3.8) is 0 Å². The molecular weight excluding hydrogens is 479 g/mol. The molecule has 7 heteroatoms. The smallest absolute Gasteiger partial charge is 0.183 e. The second-order valence-electron chi connectivity index (χ2n) is 11.2. The third kappa shape index (κ3) is 6.90. The van der Waals surface area contributed by atoms with Crippen LogP contribution in [0.3, 0.4) is 0 Å². The molecule has 0 radical (unpaired) electrons. The van der Waals surface area contributed by atoms with Gasteiger partial charge in [-0.3, -0.25) is 14.6 Å². The van der Waals surface area contributed by atoms with Gasteiger partial charge in [-0.15, -0.1) is 0 Å². The minimum absolute atomic E-state index is 0.257. The Kier molecular flexibility index (Phi) is 8.92. The van der Waals surface area contributed by atoms with E-state index in [1.165, 1.54) is 16.3 Å². The fraction of sp³-hybridized carbons (Fsp3) is 0.484. The van der Waals surface area contributed by atoms with E-state index in [9.17, 15) is 9.50 Å². The lowest BCUT2D eigenvalue weighted by Gasteiger charge is -2.34. The molecule has 1 saturated heterocycles. The number of nitrogens with zero attached hydrogens (tertiary/aromatic N) is 2. The fourth-order valence-corrected chi connectivity index (χ4v) is 5.69. The van der Waals surface area contributed by atoms with E-state index in [1.54, 1.807) is 31.1 Å². The van der Waals surface area contributed by atoms with Crippen molar-refractivity contribution < 1.29 is 14.3 Å². The molecule has 2 aliphatic rings. The molecule has 1 heterocycles. The molecule has 1 atom stereocenters. The Morgan fingerprint density at radius 2 is 1.68 bits per heavy atom. The zero-order valence-electron chi connectivity index (χ0n) is 22.6. The summed E-state index contributed by atoms with van der Waals surface area (Å²) in [4.78, 5) is 10.2. The van der Waals surface area contributed by atoms with Crippen LogP contribution in [0.15, 0.2) is 60.7 Å². The van der Waals surface area contributed by atoms with Crippen molar-refractivity contribution in [1.82, 2.24) is 15.3 Å². The standard InChI is InChI=1S/C31H41FN4O2/c1-35(2)31(37)33-30-14-11-26(20-29(30)32)24-9-12-27(13-10-24)34-38-28-15-17-36(18-16-28)21-22-7-8-23-5-3-4-6-25(23)19-22/h3-8,11,14,19-20,24,27-28,31,33-34,37H,9-10,12-13,15-18,21H2,1-2H3. The monoisotopic (exact) mass is 520 g/mol. The fourth-order valence-electron chi connectivity index (χ4n) is 5.69. The van der Waals surface area contributed by atoms with Crippen molar-refractivity contribution in [3.8, 4) is 0 Å². The molecule has 1 saturated carbocycles. The molecule has 1 aliphatic heterocycles. The number of aliphatic hydroxyl groups is 1. The normalized spacial score (nSPS) is 22.1. The van der Waals surface area contributed by atoms with Gasteiger partial charge >= 0.3 is 0 Å². The van der Waals surface area contributed by atoms with Gasteiger partial charge in [0.15, 0.2) is 6.35 Å². The summed E-state index contributed by atoms with van der Waals surface area (Å²) in [6.07, 6.45) is 5.48. The molecule has 1 aliphatic carbocycles. The first-order chi connectivity index (χ1) is 18.4. The van der Waals surface area contributed by atoms with E-state index in [0.29, 0.717) is 17.6 Å². The average molecular weight is 521 g/mol. The Balaban J connectivity index is 1.02. The van der Waals surface area contributed by atoms with Gasteiger partial charge in [-0.2, -0.15) is 5.48 Å². The summed E-state index contributed by atoms with van der Waals surface area (Å²) in [6.45, 7) is 3.09. The summed E-state index contributed by atoms with van der Waals surface area (Å²) < 4.78 is 14.6. The number of benzene rings is 3. The number of anilines is 1. The molecule has 1 unspecified atom stereocenters. The highest BCUT2D eigenvalue weighted by Gasteiger charge is 2.26. The molecule has 3 aromatic carbocycles. The molecule has 38 heavy (non-hydrogen) atoms. The third-order valence-electron chi connectivity index (χ3n) is 8.12. The van der Waals surface area contributed by atoms with Crippen molar-refractivity contribution in [2.24, 2.45) is 0 Å². The largest absolute Gasteiger partial charge is 0.361 e. The van der Waals surface area contributed by atoms with Gasteiger partial charge in [0, 0.05) is 25.7 Å². The van der Waals surface area contributed by atoms with Crippen LogP contribution in [0.4, 0.5) is 10.1 Å². The maximum Gasteiger partial charge on any atom is 0.183 e. The first-order valence-electron chi connectivity index (χ1n) is 14.0. The number of fused-ring (bicyclic) bond motifs is 1. The number of hydrogen-bond acceptors (Lipinski definition) is 6. The van der Waals surface area contributed by atoms with Gasteiger partial charge in [-0.25, -0.2) is 4.39 Å². The van der Waals surface area contributed by atoms with Gasteiger partial charge < -0.3 is 10.4 Å². The second-order valence-corrected chi connectivity index (χ2v) is 11.2.